The molecule has 280 valence electrons. The first-order valence-corrected chi connectivity index (χ1v) is 20.3. The number of hydrogen-bond acceptors (Lipinski definition) is 3. The van der Waals surface area contributed by atoms with Crippen LogP contribution in [0.15, 0.2) is 225 Å². The van der Waals surface area contributed by atoms with Crippen LogP contribution in [0.5, 0.6) is 0 Å². The molecule has 12 aromatic rings. The summed E-state index contributed by atoms with van der Waals surface area (Å²) < 4.78 is 0. The van der Waals surface area contributed by atoms with E-state index in [-0.39, 0.29) is 0 Å². The van der Waals surface area contributed by atoms with Gasteiger partial charge in [0.15, 0.2) is 0 Å². The summed E-state index contributed by atoms with van der Waals surface area (Å²) in [6.07, 6.45) is 9.34. The molecular formula is C57H37N3. The molecule has 0 amide bonds. The standard InChI is InChI=1S/C38H24N2.C19H13N/c1-2-23-40-36(5-1)28-12-8-26(9-13-28)25-6-10-27(11-7-25)32-18-14-29-17-21-35-33(31-4-3-22-39-24-31)19-15-30-16-20-34(32)37(29)38(30)35;1-2-7-16-14(5-1)10-11-19-17(8-3-9-18(16)19)15-6-4-12-20-13-15/h1-24H;1-13H. The SMILES string of the molecule is c1ccc(-c2ccc(-c3ccc(-c4ccc5ccc6c(-c7cccnc7)ccc7ccc4c5c76)cc3)cc2)nc1.c1cncc(-c2cccc3c2ccc2ccccc23)c1. The fourth-order valence-corrected chi connectivity index (χ4v) is 8.85. The molecule has 0 saturated carbocycles. The fraction of sp³-hybridized carbons (Fsp3) is 0. The van der Waals surface area contributed by atoms with E-state index in [1.165, 1.54) is 87.2 Å². The maximum atomic E-state index is 4.47. The Kier molecular flexibility index (Phi) is 8.83. The molecule has 0 N–H and O–H groups in total. The third kappa shape index (κ3) is 6.30. The van der Waals surface area contributed by atoms with Crippen LogP contribution >= 0.6 is 0 Å². The minimum absolute atomic E-state index is 0.992. The highest BCUT2D eigenvalue weighted by atomic mass is 14.7. The average molecular weight is 764 g/mol. The quantitative estimate of drug-likeness (QED) is 0.164. The van der Waals surface area contributed by atoms with Gasteiger partial charge in [-0.15, -0.1) is 0 Å². The lowest BCUT2D eigenvalue weighted by Crippen LogP contribution is -1.90. The molecule has 3 heteroatoms. The minimum Gasteiger partial charge on any atom is -0.264 e. The van der Waals surface area contributed by atoms with E-state index in [0.29, 0.717) is 0 Å². The molecule has 9 aromatic carbocycles. The topological polar surface area (TPSA) is 38.7 Å². The van der Waals surface area contributed by atoms with Crippen LogP contribution in [0.3, 0.4) is 0 Å². The second kappa shape index (κ2) is 15.1. The van der Waals surface area contributed by atoms with Crippen molar-refractivity contribution in [2.24, 2.45) is 0 Å². The average Bonchev–Trinajstić information content (AvgIpc) is 3.34. The zero-order valence-electron chi connectivity index (χ0n) is 32.7. The Morgan fingerprint density at radius 1 is 0.250 bits per heavy atom. The van der Waals surface area contributed by atoms with E-state index in [2.05, 4.69) is 179 Å². The Hall–Kier alpha value is -8.01. The van der Waals surface area contributed by atoms with Gasteiger partial charge in [-0.05, 0) is 112 Å². The molecule has 3 aromatic heterocycles. The highest BCUT2D eigenvalue weighted by molar-refractivity contribution is 6.27. The third-order valence-corrected chi connectivity index (χ3v) is 11.8. The number of fused-ring (bicyclic) bond motifs is 3. The molecule has 0 atom stereocenters. The van der Waals surface area contributed by atoms with Crippen molar-refractivity contribution in [3.63, 3.8) is 0 Å². The maximum Gasteiger partial charge on any atom is 0.0701 e. The summed E-state index contributed by atoms with van der Waals surface area (Å²) in [4.78, 5) is 13.1. The smallest absolute Gasteiger partial charge is 0.0701 e. The van der Waals surface area contributed by atoms with Crippen molar-refractivity contribution in [1.29, 1.82) is 0 Å². The van der Waals surface area contributed by atoms with E-state index in [0.717, 1.165) is 22.4 Å². The summed E-state index contributed by atoms with van der Waals surface area (Å²) in [5.41, 5.74) is 11.8. The molecule has 0 aliphatic carbocycles. The van der Waals surface area contributed by atoms with Crippen LogP contribution in [0.4, 0.5) is 0 Å². The molecule has 0 fully saturated rings. The summed E-state index contributed by atoms with van der Waals surface area (Å²) in [6.45, 7) is 0. The second-order valence-electron chi connectivity index (χ2n) is 15.2. The van der Waals surface area contributed by atoms with E-state index < -0.39 is 0 Å². The Bertz CT molecular complexity index is 3440. The van der Waals surface area contributed by atoms with Gasteiger partial charge in [0, 0.05) is 47.7 Å². The van der Waals surface area contributed by atoms with Crippen molar-refractivity contribution in [3.8, 4) is 55.8 Å². The Balaban J connectivity index is 0.000000171. The van der Waals surface area contributed by atoms with Crippen LogP contribution in [-0.4, -0.2) is 15.0 Å². The normalized spacial score (nSPS) is 11.3. The van der Waals surface area contributed by atoms with E-state index in [1.54, 1.807) is 0 Å². The first-order valence-electron chi connectivity index (χ1n) is 20.3. The number of pyridine rings is 3. The molecule has 0 aliphatic rings. The van der Waals surface area contributed by atoms with E-state index in [9.17, 15) is 0 Å². The summed E-state index contributed by atoms with van der Waals surface area (Å²) >= 11 is 0. The van der Waals surface area contributed by atoms with Gasteiger partial charge in [-0.3, -0.25) is 15.0 Å². The highest BCUT2D eigenvalue weighted by Crippen LogP contribution is 2.42. The molecule has 0 radical (unpaired) electrons. The monoisotopic (exact) mass is 763 g/mol. The zero-order valence-corrected chi connectivity index (χ0v) is 32.7. The van der Waals surface area contributed by atoms with E-state index >= 15 is 0 Å². The van der Waals surface area contributed by atoms with Gasteiger partial charge in [0.05, 0.1) is 5.69 Å². The van der Waals surface area contributed by atoms with Gasteiger partial charge in [0.1, 0.15) is 0 Å². The summed E-state index contributed by atoms with van der Waals surface area (Å²) in [5.74, 6) is 0. The lowest BCUT2D eigenvalue weighted by Gasteiger charge is -2.16. The van der Waals surface area contributed by atoms with Gasteiger partial charge in [0.25, 0.3) is 0 Å². The van der Waals surface area contributed by atoms with Crippen LogP contribution in [-0.2, 0) is 0 Å². The summed E-state index contributed by atoms with van der Waals surface area (Å²) in [6, 6.07) is 69.3. The number of hydrogen-bond donors (Lipinski definition) is 0. The first kappa shape index (κ1) is 35.2. The van der Waals surface area contributed by atoms with Crippen molar-refractivity contribution in [3.05, 3.63) is 225 Å². The predicted octanol–water partition coefficient (Wildman–Crippen LogP) is 15.1. The van der Waals surface area contributed by atoms with Crippen molar-refractivity contribution >= 4 is 53.9 Å². The molecule has 12 rings (SSSR count). The molecule has 0 saturated heterocycles. The van der Waals surface area contributed by atoms with Crippen molar-refractivity contribution < 1.29 is 0 Å². The van der Waals surface area contributed by atoms with Crippen LogP contribution < -0.4 is 0 Å². The van der Waals surface area contributed by atoms with Crippen molar-refractivity contribution in [1.82, 2.24) is 15.0 Å². The molecule has 0 spiro atoms. The molecule has 0 unspecified atom stereocenters. The van der Waals surface area contributed by atoms with Gasteiger partial charge in [-0.25, -0.2) is 0 Å². The Morgan fingerprint density at radius 3 is 1.38 bits per heavy atom. The predicted molar refractivity (Wildman–Crippen MR) is 252 cm³/mol. The van der Waals surface area contributed by atoms with Gasteiger partial charge in [0.2, 0.25) is 0 Å². The third-order valence-electron chi connectivity index (χ3n) is 11.8. The fourth-order valence-electron chi connectivity index (χ4n) is 8.85. The van der Waals surface area contributed by atoms with Crippen LogP contribution in [0.2, 0.25) is 0 Å². The number of aromatic nitrogens is 3. The van der Waals surface area contributed by atoms with Gasteiger partial charge >= 0.3 is 0 Å². The second-order valence-corrected chi connectivity index (χ2v) is 15.2. The molecule has 0 bridgehead atoms. The lowest BCUT2D eigenvalue weighted by molar-refractivity contribution is 1.33. The molecule has 60 heavy (non-hydrogen) atoms. The van der Waals surface area contributed by atoms with E-state index in [4.69, 9.17) is 0 Å². The summed E-state index contributed by atoms with van der Waals surface area (Å²) in [7, 11) is 0. The van der Waals surface area contributed by atoms with Crippen molar-refractivity contribution in [2.45, 2.75) is 0 Å². The van der Waals surface area contributed by atoms with Crippen molar-refractivity contribution in [2.75, 3.05) is 0 Å². The molecule has 3 nitrogen and oxygen atoms in total. The molecule has 3 heterocycles. The molecule has 0 aliphatic heterocycles. The maximum absolute atomic E-state index is 4.47. The minimum atomic E-state index is 0.992. The van der Waals surface area contributed by atoms with Gasteiger partial charge in [-0.1, -0.05) is 170 Å². The van der Waals surface area contributed by atoms with Crippen LogP contribution in [0.1, 0.15) is 0 Å². The number of rotatable bonds is 5. The Morgan fingerprint density at radius 2 is 0.767 bits per heavy atom. The summed E-state index contributed by atoms with van der Waals surface area (Å²) in [5, 5.41) is 12.9. The van der Waals surface area contributed by atoms with Gasteiger partial charge < -0.3 is 0 Å². The first-order chi connectivity index (χ1) is 29.8. The van der Waals surface area contributed by atoms with Gasteiger partial charge in [-0.2, -0.15) is 0 Å². The highest BCUT2D eigenvalue weighted by Gasteiger charge is 2.15. The van der Waals surface area contributed by atoms with Crippen LogP contribution in [0.25, 0.3) is 110 Å². The Labute approximate surface area is 348 Å². The number of benzene rings is 9. The molecular weight excluding hydrogens is 727 g/mol. The number of nitrogens with zero attached hydrogens (tertiary/aromatic N) is 3. The zero-order chi connectivity index (χ0) is 39.8. The largest absolute Gasteiger partial charge is 0.264 e. The van der Waals surface area contributed by atoms with Crippen LogP contribution in [0, 0.1) is 0 Å². The van der Waals surface area contributed by atoms with E-state index in [1.807, 2.05) is 61.3 Å². The lowest BCUT2D eigenvalue weighted by atomic mass is 9.87.